The lowest BCUT2D eigenvalue weighted by Crippen LogP contribution is -2.34. The zero-order valence-corrected chi connectivity index (χ0v) is 21.1. The molecule has 0 bridgehead atoms. The van der Waals surface area contributed by atoms with Crippen molar-refractivity contribution < 1.29 is 40.1 Å². The van der Waals surface area contributed by atoms with Crippen LogP contribution >= 0.6 is 11.6 Å². The Morgan fingerprint density at radius 1 is 1.28 bits per heavy atom. The van der Waals surface area contributed by atoms with Crippen molar-refractivity contribution in [2.75, 3.05) is 13.2 Å². The molecule has 0 spiro atoms. The smallest absolute Gasteiger partial charge is 0.220 e. The van der Waals surface area contributed by atoms with Crippen molar-refractivity contribution in [3.63, 3.8) is 0 Å². The highest BCUT2D eigenvalue weighted by Gasteiger charge is 2.39. The minimum Gasteiger partial charge on any atom is -0.491 e. The average Bonchev–Trinajstić information content (AvgIpc) is 3.08. The van der Waals surface area contributed by atoms with Crippen molar-refractivity contribution >= 4 is 17.5 Å². The molecule has 0 aliphatic heterocycles. The van der Waals surface area contributed by atoms with Gasteiger partial charge in [-0.15, -0.1) is 0 Å². The predicted molar refractivity (Wildman–Crippen MR) is 132 cm³/mol. The molecule has 6 atom stereocenters. The molecule has 10 nitrogen and oxygen atoms in total. The number of nitrogens with one attached hydrogen (secondary N) is 1. The molecule has 6 N–H and O–H groups in total. The lowest BCUT2D eigenvalue weighted by atomic mass is 9.89. The number of nitrogens with zero attached hydrogens (tertiary/aromatic N) is 1. The number of unbranched alkanes of at least 4 members (excludes halogenated alkanes) is 1. The van der Waals surface area contributed by atoms with Gasteiger partial charge in [-0.25, -0.2) is 4.84 Å². The van der Waals surface area contributed by atoms with Gasteiger partial charge in [-0.1, -0.05) is 42.0 Å². The summed E-state index contributed by atoms with van der Waals surface area (Å²) in [5.74, 6) is -0.0982. The van der Waals surface area contributed by atoms with Gasteiger partial charge in [0, 0.05) is 30.3 Å². The molecule has 1 aliphatic carbocycles. The number of carbonyl (C=O) groups is 1. The standard InChI is InChI=1S/C25H37ClN2O8/c1-17(36-28(33)34)15-27-25(32)10-5-3-2-4-9-21-22(24(31)14-23(21)30)12-11-19(29)16-35-20-8-6-7-18(26)13-20/h2,4,6-8,11-13,17,19,21-24,29-31,33-34H,3,5,9-10,14-16H2,1H3,(H,27,32)/b4-2-,12-11+/t17?,19-,21-,22-,23+,24-/m1/s1. The summed E-state index contributed by atoms with van der Waals surface area (Å²) in [7, 11) is 0. The fraction of sp³-hybridized carbons (Fsp3) is 0.560. The predicted octanol–water partition coefficient (Wildman–Crippen LogP) is 2.63. The van der Waals surface area contributed by atoms with E-state index in [9.17, 15) is 20.1 Å². The number of allylic oxidation sites excluding steroid dienone is 2. The summed E-state index contributed by atoms with van der Waals surface area (Å²) in [4.78, 5) is 16.4. The monoisotopic (exact) mass is 528 g/mol. The normalized spacial score (nSPS) is 24.0. The number of benzene rings is 1. The first-order chi connectivity index (χ1) is 17.2. The van der Waals surface area contributed by atoms with E-state index in [0.29, 0.717) is 36.5 Å². The second-order valence-corrected chi connectivity index (χ2v) is 9.34. The molecule has 11 heteroatoms. The van der Waals surface area contributed by atoms with Gasteiger partial charge in [0.15, 0.2) is 0 Å². The molecule has 1 amide bonds. The molecule has 1 fully saturated rings. The zero-order chi connectivity index (χ0) is 26.5. The van der Waals surface area contributed by atoms with E-state index in [1.54, 1.807) is 43.3 Å². The molecule has 0 radical (unpaired) electrons. The van der Waals surface area contributed by atoms with Crippen LogP contribution in [0.3, 0.4) is 0 Å². The first-order valence-corrected chi connectivity index (χ1v) is 12.4. The van der Waals surface area contributed by atoms with E-state index < -0.39 is 24.4 Å². The molecule has 1 aliphatic rings. The second-order valence-electron chi connectivity index (χ2n) is 8.90. The summed E-state index contributed by atoms with van der Waals surface area (Å²) in [6, 6.07) is 6.88. The Balaban J connectivity index is 1.71. The minimum atomic E-state index is -0.878. The van der Waals surface area contributed by atoms with Gasteiger partial charge in [0.05, 0.1) is 23.7 Å². The molecule has 0 aromatic heterocycles. The summed E-state index contributed by atoms with van der Waals surface area (Å²) in [6.45, 7) is 1.76. The summed E-state index contributed by atoms with van der Waals surface area (Å²) in [6.07, 6.45) is 6.83. The lowest BCUT2D eigenvalue weighted by Gasteiger charge is -2.19. The second kappa shape index (κ2) is 16.0. The maximum Gasteiger partial charge on any atom is 0.220 e. The van der Waals surface area contributed by atoms with Gasteiger partial charge >= 0.3 is 0 Å². The number of rotatable bonds is 15. The highest BCUT2D eigenvalue weighted by Crippen LogP contribution is 2.36. The van der Waals surface area contributed by atoms with Crippen LogP contribution in [0.2, 0.25) is 5.02 Å². The molecule has 2 rings (SSSR count). The molecule has 36 heavy (non-hydrogen) atoms. The number of carbonyl (C=O) groups excluding carboxylic acids is 1. The van der Waals surface area contributed by atoms with Crippen molar-refractivity contribution in [3.8, 4) is 5.75 Å². The Morgan fingerprint density at radius 2 is 2.06 bits per heavy atom. The molecular weight excluding hydrogens is 492 g/mol. The minimum absolute atomic E-state index is 0.0353. The van der Waals surface area contributed by atoms with Gasteiger partial charge in [0.25, 0.3) is 0 Å². The number of halogens is 1. The number of aliphatic hydroxyl groups is 3. The van der Waals surface area contributed by atoms with Crippen molar-refractivity contribution in [3.05, 3.63) is 53.6 Å². The summed E-state index contributed by atoms with van der Waals surface area (Å²) in [5, 5.41) is 50.9. The van der Waals surface area contributed by atoms with Gasteiger partial charge in [-0.3, -0.25) is 15.2 Å². The Labute approximate surface area is 216 Å². The van der Waals surface area contributed by atoms with E-state index in [2.05, 4.69) is 10.2 Å². The Hall–Kier alpha value is -2.02. The van der Waals surface area contributed by atoms with Crippen molar-refractivity contribution in [1.29, 1.82) is 0 Å². The third-order valence-corrected chi connectivity index (χ3v) is 6.13. The van der Waals surface area contributed by atoms with E-state index in [1.165, 1.54) is 0 Å². The Morgan fingerprint density at radius 3 is 2.78 bits per heavy atom. The third-order valence-electron chi connectivity index (χ3n) is 5.90. The first-order valence-electron chi connectivity index (χ1n) is 12.0. The number of hydrogen-bond donors (Lipinski definition) is 6. The zero-order valence-electron chi connectivity index (χ0n) is 20.3. The molecule has 1 unspecified atom stereocenters. The van der Waals surface area contributed by atoms with Crippen LogP contribution in [0, 0.1) is 11.8 Å². The molecule has 1 saturated carbocycles. The number of ether oxygens (including phenoxy) is 1. The molecule has 1 aromatic carbocycles. The Bertz CT molecular complexity index is 853. The van der Waals surface area contributed by atoms with E-state index >= 15 is 0 Å². The quantitative estimate of drug-likeness (QED) is 0.115. The van der Waals surface area contributed by atoms with E-state index in [4.69, 9.17) is 26.8 Å². The van der Waals surface area contributed by atoms with E-state index in [-0.39, 0.29) is 42.7 Å². The van der Waals surface area contributed by atoms with E-state index in [0.717, 1.165) is 0 Å². The highest BCUT2D eigenvalue weighted by molar-refractivity contribution is 6.30. The number of hydrogen-bond acceptors (Lipinski definition) is 9. The van der Waals surface area contributed by atoms with Crippen LogP contribution in [-0.2, 0) is 9.63 Å². The van der Waals surface area contributed by atoms with Crippen LogP contribution in [0.5, 0.6) is 5.75 Å². The summed E-state index contributed by atoms with van der Waals surface area (Å²) < 4.78 is 5.53. The van der Waals surface area contributed by atoms with Crippen LogP contribution in [0.15, 0.2) is 48.6 Å². The van der Waals surface area contributed by atoms with Gasteiger partial charge < -0.3 is 25.4 Å². The van der Waals surface area contributed by atoms with Crippen molar-refractivity contribution in [2.45, 2.75) is 63.4 Å². The van der Waals surface area contributed by atoms with Crippen LogP contribution in [0.25, 0.3) is 0 Å². The molecular formula is C25H37ClN2O8. The summed E-state index contributed by atoms with van der Waals surface area (Å²) >= 11 is 5.92. The molecule has 0 heterocycles. The van der Waals surface area contributed by atoms with Crippen molar-refractivity contribution in [1.82, 2.24) is 10.7 Å². The molecule has 1 aromatic rings. The highest BCUT2D eigenvalue weighted by atomic mass is 35.5. The van der Waals surface area contributed by atoms with Gasteiger partial charge in [-0.05, 0) is 50.3 Å². The summed E-state index contributed by atoms with van der Waals surface area (Å²) in [5.41, 5.74) is 0. The SMILES string of the molecule is CC(CNC(=O)CCC/C=C\C[C@@H]1[C@@H](/C=C/[C@@H](O)COc2cccc(Cl)c2)[C@H](O)C[C@@H]1O)ON(O)O. The first kappa shape index (κ1) is 30.2. The van der Waals surface area contributed by atoms with Crippen molar-refractivity contribution in [2.24, 2.45) is 11.8 Å². The van der Waals surface area contributed by atoms with Crippen LogP contribution in [0.4, 0.5) is 0 Å². The molecule has 0 saturated heterocycles. The van der Waals surface area contributed by atoms with E-state index in [1.807, 2.05) is 12.2 Å². The maximum atomic E-state index is 11.8. The lowest BCUT2D eigenvalue weighted by molar-refractivity contribution is -0.502. The van der Waals surface area contributed by atoms with Crippen LogP contribution in [0.1, 0.15) is 39.0 Å². The number of amides is 1. The van der Waals surface area contributed by atoms with Gasteiger partial charge in [0.2, 0.25) is 5.91 Å². The van der Waals surface area contributed by atoms with Gasteiger partial charge in [0.1, 0.15) is 18.5 Å². The average molecular weight is 529 g/mol. The molecule has 202 valence electrons. The fourth-order valence-electron chi connectivity index (χ4n) is 4.05. The van der Waals surface area contributed by atoms with Crippen LogP contribution in [-0.4, -0.2) is 74.6 Å². The maximum absolute atomic E-state index is 11.8. The topological polar surface area (TPSA) is 152 Å². The van der Waals surface area contributed by atoms with Crippen LogP contribution < -0.4 is 10.1 Å². The van der Waals surface area contributed by atoms with Gasteiger partial charge in [-0.2, -0.15) is 0 Å². The largest absolute Gasteiger partial charge is 0.491 e. The number of aliphatic hydroxyl groups excluding tert-OH is 3. The third kappa shape index (κ3) is 11.4. The Kier molecular flexibility index (Phi) is 13.4. The fourth-order valence-corrected chi connectivity index (χ4v) is 4.23.